The first-order valence-electron chi connectivity index (χ1n) is 6.20. The SMILES string of the molecule is CCCN(Cc1ccccc1N)C(=O)c1cn[nH]n1. The minimum atomic E-state index is -0.140. The first-order valence-corrected chi connectivity index (χ1v) is 6.20. The van der Waals surface area contributed by atoms with E-state index in [1.807, 2.05) is 31.2 Å². The molecule has 6 heteroatoms. The number of amides is 1. The Kier molecular flexibility index (Phi) is 4.12. The van der Waals surface area contributed by atoms with Gasteiger partial charge in [0.2, 0.25) is 0 Å². The molecule has 0 spiro atoms. The predicted molar refractivity (Wildman–Crippen MR) is 72.3 cm³/mol. The lowest BCUT2D eigenvalue weighted by Gasteiger charge is -2.21. The van der Waals surface area contributed by atoms with Gasteiger partial charge in [-0.2, -0.15) is 15.4 Å². The van der Waals surface area contributed by atoms with Crippen molar-refractivity contribution in [2.24, 2.45) is 0 Å². The standard InChI is InChI=1S/C13H17N5O/c1-2-7-18(13(19)12-8-15-17-16-12)9-10-5-3-4-6-11(10)14/h3-6,8H,2,7,9,14H2,1H3,(H,15,16,17). The maximum atomic E-state index is 12.3. The van der Waals surface area contributed by atoms with E-state index in [4.69, 9.17) is 5.73 Å². The number of benzene rings is 1. The van der Waals surface area contributed by atoms with Gasteiger partial charge in [0.1, 0.15) is 0 Å². The molecule has 2 aromatic rings. The van der Waals surface area contributed by atoms with E-state index in [2.05, 4.69) is 15.4 Å². The lowest BCUT2D eigenvalue weighted by Crippen LogP contribution is -2.31. The number of para-hydroxylation sites is 1. The number of nitrogen functional groups attached to an aromatic ring is 1. The Bertz CT molecular complexity index is 538. The van der Waals surface area contributed by atoms with Crippen LogP contribution in [0.4, 0.5) is 5.69 Å². The van der Waals surface area contributed by atoms with Gasteiger partial charge in [-0.25, -0.2) is 0 Å². The zero-order chi connectivity index (χ0) is 13.7. The second kappa shape index (κ2) is 5.99. The van der Waals surface area contributed by atoms with E-state index < -0.39 is 0 Å². The molecule has 2 rings (SSSR count). The summed E-state index contributed by atoms with van der Waals surface area (Å²) in [5.41, 5.74) is 7.86. The summed E-state index contributed by atoms with van der Waals surface area (Å²) < 4.78 is 0. The lowest BCUT2D eigenvalue weighted by molar-refractivity contribution is 0.0737. The van der Waals surface area contributed by atoms with E-state index in [0.29, 0.717) is 24.5 Å². The highest BCUT2D eigenvalue weighted by molar-refractivity contribution is 5.91. The molecule has 0 aliphatic carbocycles. The van der Waals surface area contributed by atoms with Crippen molar-refractivity contribution in [3.05, 3.63) is 41.7 Å². The number of nitrogens with two attached hydrogens (primary N) is 1. The van der Waals surface area contributed by atoms with Gasteiger partial charge in [-0.1, -0.05) is 25.1 Å². The van der Waals surface area contributed by atoms with Gasteiger partial charge in [-0.15, -0.1) is 0 Å². The number of hydrogen-bond acceptors (Lipinski definition) is 4. The number of aromatic nitrogens is 3. The first kappa shape index (κ1) is 13.1. The normalized spacial score (nSPS) is 10.4. The van der Waals surface area contributed by atoms with Crippen LogP contribution in [0.15, 0.2) is 30.5 Å². The number of nitrogens with one attached hydrogen (secondary N) is 1. The van der Waals surface area contributed by atoms with Gasteiger partial charge < -0.3 is 10.6 Å². The van der Waals surface area contributed by atoms with Crippen LogP contribution in [0, 0.1) is 0 Å². The third-order valence-corrected chi connectivity index (χ3v) is 2.83. The van der Waals surface area contributed by atoms with E-state index in [9.17, 15) is 4.79 Å². The quantitative estimate of drug-likeness (QED) is 0.795. The summed E-state index contributed by atoms with van der Waals surface area (Å²) in [4.78, 5) is 14.0. The van der Waals surface area contributed by atoms with Gasteiger partial charge >= 0.3 is 0 Å². The molecule has 0 bridgehead atoms. The zero-order valence-corrected chi connectivity index (χ0v) is 10.8. The number of hydrogen-bond donors (Lipinski definition) is 2. The van der Waals surface area contributed by atoms with Crippen LogP contribution in [0.1, 0.15) is 29.4 Å². The zero-order valence-electron chi connectivity index (χ0n) is 10.8. The Hall–Kier alpha value is -2.37. The number of nitrogens with zero attached hydrogens (tertiary/aromatic N) is 3. The van der Waals surface area contributed by atoms with Crippen LogP contribution in [0.5, 0.6) is 0 Å². The third-order valence-electron chi connectivity index (χ3n) is 2.83. The smallest absolute Gasteiger partial charge is 0.276 e. The van der Waals surface area contributed by atoms with Gasteiger partial charge in [-0.3, -0.25) is 4.79 Å². The van der Waals surface area contributed by atoms with Gasteiger partial charge in [0, 0.05) is 18.8 Å². The molecule has 1 aromatic carbocycles. The summed E-state index contributed by atoms with van der Waals surface area (Å²) in [7, 11) is 0. The molecular weight excluding hydrogens is 242 g/mol. The summed E-state index contributed by atoms with van der Waals surface area (Å²) in [5.74, 6) is -0.140. The third kappa shape index (κ3) is 3.09. The van der Waals surface area contributed by atoms with Crippen molar-refractivity contribution >= 4 is 11.6 Å². The van der Waals surface area contributed by atoms with E-state index in [-0.39, 0.29) is 5.91 Å². The molecule has 3 N–H and O–H groups in total. The molecule has 0 saturated carbocycles. The van der Waals surface area contributed by atoms with E-state index >= 15 is 0 Å². The molecule has 100 valence electrons. The van der Waals surface area contributed by atoms with Gasteiger partial charge in [0.05, 0.1) is 6.20 Å². The van der Waals surface area contributed by atoms with Gasteiger partial charge in [-0.05, 0) is 18.1 Å². The van der Waals surface area contributed by atoms with Crippen LogP contribution in [0.2, 0.25) is 0 Å². The largest absolute Gasteiger partial charge is 0.398 e. The minimum absolute atomic E-state index is 0.140. The van der Waals surface area contributed by atoms with Crippen molar-refractivity contribution in [3.63, 3.8) is 0 Å². The van der Waals surface area contributed by atoms with Crippen molar-refractivity contribution in [1.29, 1.82) is 0 Å². The molecule has 1 heterocycles. The van der Waals surface area contributed by atoms with Crippen LogP contribution in [0.25, 0.3) is 0 Å². The highest BCUT2D eigenvalue weighted by Crippen LogP contribution is 2.15. The van der Waals surface area contributed by atoms with E-state index in [1.165, 1.54) is 6.20 Å². The Morgan fingerprint density at radius 1 is 1.42 bits per heavy atom. The van der Waals surface area contributed by atoms with Crippen molar-refractivity contribution in [1.82, 2.24) is 20.3 Å². The minimum Gasteiger partial charge on any atom is -0.398 e. The molecule has 0 fully saturated rings. The molecule has 6 nitrogen and oxygen atoms in total. The van der Waals surface area contributed by atoms with Crippen LogP contribution in [0.3, 0.4) is 0 Å². The molecule has 0 unspecified atom stereocenters. The van der Waals surface area contributed by atoms with E-state index in [1.54, 1.807) is 4.90 Å². The van der Waals surface area contributed by atoms with Crippen molar-refractivity contribution in [2.75, 3.05) is 12.3 Å². The molecule has 0 atom stereocenters. The topological polar surface area (TPSA) is 87.9 Å². The first-order chi connectivity index (χ1) is 9.22. The van der Waals surface area contributed by atoms with Crippen molar-refractivity contribution < 1.29 is 4.79 Å². The highest BCUT2D eigenvalue weighted by atomic mass is 16.2. The van der Waals surface area contributed by atoms with Gasteiger partial charge in [0.15, 0.2) is 5.69 Å². The summed E-state index contributed by atoms with van der Waals surface area (Å²) in [6.45, 7) is 3.16. The lowest BCUT2D eigenvalue weighted by atomic mass is 10.1. The summed E-state index contributed by atoms with van der Waals surface area (Å²) in [5, 5.41) is 9.94. The highest BCUT2D eigenvalue weighted by Gasteiger charge is 2.18. The number of H-pyrrole nitrogens is 1. The Morgan fingerprint density at radius 2 is 2.21 bits per heavy atom. The number of anilines is 1. The number of carbonyl (C=O) groups is 1. The van der Waals surface area contributed by atoms with Crippen LogP contribution in [-0.4, -0.2) is 32.8 Å². The number of carbonyl (C=O) groups excluding carboxylic acids is 1. The number of aromatic amines is 1. The van der Waals surface area contributed by atoms with Crippen LogP contribution < -0.4 is 5.73 Å². The maximum Gasteiger partial charge on any atom is 0.276 e. The maximum absolute atomic E-state index is 12.3. The average molecular weight is 259 g/mol. The van der Waals surface area contributed by atoms with Crippen molar-refractivity contribution in [2.45, 2.75) is 19.9 Å². The molecule has 0 saturated heterocycles. The fourth-order valence-electron chi connectivity index (χ4n) is 1.87. The fraction of sp³-hybridized carbons (Fsp3) is 0.308. The fourth-order valence-corrected chi connectivity index (χ4v) is 1.87. The average Bonchev–Trinajstić information content (AvgIpc) is 2.94. The van der Waals surface area contributed by atoms with Crippen LogP contribution in [-0.2, 0) is 6.54 Å². The molecule has 19 heavy (non-hydrogen) atoms. The number of rotatable bonds is 5. The summed E-state index contributed by atoms with van der Waals surface area (Å²) >= 11 is 0. The Balaban J connectivity index is 2.17. The van der Waals surface area contributed by atoms with Crippen LogP contribution >= 0.6 is 0 Å². The molecule has 0 radical (unpaired) electrons. The second-order valence-electron chi connectivity index (χ2n) is 4.28. The molecule has 1 aromatic heterocycles. The molecule has 0 aliphatic rings. The monoisotopic (exact) mass is 259 g/mol. The van der Waals surface area contributed by atoms with Gasteiger partial charge in [0.25, 0.3) is 5.91 Å². The predicted octanol–water partition coefficient (Wildman–Crippen LogP) is 1.44. The molecule has 1 amide bonds. The molecular formula is C13H17N5O. The van der Waals surface area contributed by atoms with Crippen molar-refractivity contribution in [3.8, 4) is 0 Å². The summed E-state index contributed by atoms with van der Waals surface area (Å²) in [6, 6.07) is 7.55. The molecule has 0 aliphatic heterocycles. The van der Waals surface area contributed by atoms with E-state index in [0.717, 1.165) is 12.0 Å². The summed E-state index contributed by atoms with van der Waals surface area (Å²) in [6.07, 6.45) is 2.30. The Labute approximate surface area is 111 Å². The second-order valence-corrected chi connectivity index (χ2v) is 4.28. The Morgan fingerprint density at radius 3 is 2.84 bits per heavy atom.